The molecular weight excluding hydrogens is 306 g/mol. The molecule has 0 bridgehead atoms. The van der Waals surface area contributed by atoms with Crippen molar-refractivity contribution >= 4 is 15.9 Å². The molecule has 1 atom stereocenters. The predicted octanol–water partition coefficient (Wildman–Crippen LogP) is 3.94. The number of furan rings is 1. The lowest BCUT2D eigenvalue weighted by Gasteiger charge is -2.19. The summed E-state index contributed by atoms with van der Waals surface area (Å²) in [5, 5.41) is 3.48. The molecule has 3 nitrogen and oxygen atoms in total. The van der Waals surface area contributed by atoms with Gasteiger partial charge < -0.3 is 14.5 Å². The Morgan fingerprint density at radius 2 is 2.21 bits per heavy atom. The highest BCUT2D eigenvalue weighted by Gasteiger charge is 2.16. The monoisotopic (exact) mass is 323 g/mol. The van der Waals surface area contributed by atoms with Crippen molar-refractivity contribution in [2.24, 2.45) is 0 Å². The van der Waals surface area contributed by atoms with E-state index in [2.05, 4.69) is 34.2 Å². The second kappa shape index (κ2) is 6.78. The molecule has 102 valence electrons. The zero-order valence-corrected chi connectivity index (χ0v) is 12.7. The minimum Gasteiger partial charge on any atom is -0.497 e. The van der Waals surface area contributed by atoms with Crippen LogP contribution in [0.5, 0.6) is 5.75 Å². The van der Waals surface area contributed by atoms with E-state index in [0.717, 1.165) is 28.9 Å². The fourth-order valence-corrected chi connectivity index (χ4v) is 2.61. The highest BCUT2D eigenvalue weighted by Crippen LogP contribution is 2.29. The third-order valence-electron chi connectivity index (χ3n) is 3.01. The van der Waals surface area contributed by atoms with Crippen LogP contribution in [0.2, 0.25) is 0 Å². The summed E-state index contributed by atoms with van der Waals surface area (Å²) in [6, 6.07) is 10.1. The van der Waals surface area contributed by atoms with Crippen LogP contribution < -0.4 is 10.1 Å². The van der Waals surface area contributed by atoms with Crippen LogP contribution in [0.4, 0.5) is 0 Å². The van der Waals surface area contributed by atoms with Crippen LogP contribution in [-0.4, -0.2) is 13.7 Å². The van der Waals surface area contributed by atoms with Crippen LogP contribution >= 0.6 is 15.9 Å². The van der Waals surface area contributed by atoms with Crippen LogP contribution in [0.1, 0.15) is 24.3 Å². The minimum absolute atomic E-state index is 0.195. The molecule has 4 heteroatoms. The molecule has 0 amide bonds. The zero-order chi connectivity index (χ0) is 13.7. The number of methoxy groups -OCH3 is 1. The molecule has 1 aromatic carbocycles. The normalized spacial score (nSPS) is 12.4. The molecule has 1 heterocycles. The van der Waals surface area contributed by atoms with Crippen molar-refractivity contribution in [3.8, 4) is 5.75 Å². The maximum absolute atomic E-state index is 5.44. The lowest BCUT2D eigenvalue weighted by atomic mass is 10.0. The first-order chi connectivity index (χ1) is 9.24. The number of nitrogens with one attached hydrogen (secondary N) is 1. The predicted molar refractivity (Wildman–Crippen MR) is 79.5 cm³/mol. The fraction of sp³-hybridized carbons (Fsp3) is 0.333. The van der Waals surface area contributed by atoms with Gasteiger partial charge in [0, 0.05) is 16.9 Å². The quantitative estimate of drug-likeness (QED) is 0.874. The molecule has 0 saturated heterocycles. The van der Waals surface area contributed by atoms with E-state index in [0.29, 0.717) is 0 Å². The summed E-state index contributed by atoms with van der Waals surface area (Å²) in [5.74, 6) is 1.83. The minimum atomic E-state index is 0.195. The standard InChI is InChI=1S/C15H18BrNO2/c1-3-17-15(10-12-5-4-8-19-12)13-9-11(18-2)6-7-14(13)16/h4-9,15,17H,3,10H2,1-2H3. The second-order valence-corrected chi connectivity index (χ2v) is 5.14. The Kier molecular flexibility index (Phi) is 5.05. The van der Waals surface area contributed by atoms with E-state index in [9.17, 15) is 0 Å². The number of likely N-dealkylation sites (N-methyl/N-ethyl adjacent to an activating group) is 1. The Balaban J connectivity index is 2.27. The van der Waals surface area contributed by atoms with Gasteiger partial charge in [-0.2, -0.15) is 0 Å². The van der Waals surface area contributed by atoms with E-state index in [-0.39, 0.29) is 6.04 Å². The third-order valence-corrected chi connectivity index (χ3v) is 3.74. The molecule has 1 unspecified atom stereocenters. The largest absolute Gasteiger partial charge is 0.497 e. The first-order valence-electron chi connectivity index (χ1n) is 6.33. The molecule has 2 rings (SSSR count). The number of rotatable bonds is 6. The molecule has 0 radical (unpaired) electrons. The van der Waals surface area contributed by atoms with Crippen molar-refractivity contribution in [3.05, 3.63) is 52.4 Å². The van der Waals surface area contributed by atoms with Crippen molar-refractivity contribution in [1.82, 2.24) is 5.32 Å². The van der Waals surface area contributed by atoms with Gasteiger partial charge in [0.25, 0.3) is 0 Å². The van der Waals surface area contributed by atoms with E-state index in [4.69, 9.17) is 9.15 Å². The first-order valence-corrected chi connectivity index (χ1v) is 7.13. The summed E-state index contributed by atoms with van der Waals surface area (Å²) >= 11 is 3.61. The van der Waals surface area contributed by atoms with Crippen LogP contribution in [0.25, 0.3) is 0 Å². The maximum atomic E-state index is 5.44. The Hall–Kier alpha value is -1.26. The molecule has 1 aromatic heterocycles. The lowest BCUT2D eigenvalue weighted by Crippen LogP contribution is -2.23. The van der Waals surface area contributed by atoms with Crippen molar-refractivity contribution in [3.63, 3.8) is 0 Å². The third kappa shape index (κ3) is 3.61. The van der Waals surface area contributed by atoms with Gasteiger partial charge in [-0.3, -0.25) is 0 Å². The average Bonchev–Trinajstić information content (AvgIpc) is 2.92. The van der Waals surface area contributed by atoms with E-state index >= 15 is 0 Å². The Labute approximate surface area is 122 Å². The number of halogens is 1. The van der Waals surface area contributed by atoms with Gasteiger partial charge in [-0.15, -0.1) is 0 Å². The Bertz CT molecular complexity index is 511. The first kappa shape index (κ1) is 14.2. The topological polar surface area (TPSA) is 34.4 Å². The van der Waals surface area contributed by atoms with Gasteiger partial charge in [0.2, 0.25) is 0 Å². The summed E-state index contributed by atoms with van der Waals surface area (Å²) in [7, 11) is 1.68. The molecule has 0 aliphatic heterocycles. The molecule has 19 heavy (non-hydrogen) atoms. The van der Waals surface area contributed by atoms with E-state index in [1.165, 1.54) is 5.56 Å². The van der Waals surface area contributed by atoms with Crippen molar-refractivity contribution < 1.29 is 9.15 Å². The van der Waals surface area contributed by atoms with Gasteiger partial charge in [-0.05, 0) is 42.4 Å². The number of hydrogen-bond donors (Lipinski definition) is 1. The highest BCUT2D eigenvalue weighted by molar-refractivity contribution is 9.10. The van der Waals surface area contributed by atoms with Gasteiger partial charge in [0.05, 0.1) is 13.4 Å². The van der Waals surface area contributed by atoms with Crippen molar-refractivity contribution in [1.29, 1.82) is 0 Å². The number of benzene rings is 1. The van der Waals surface area contributed by atoms with Crippen molar-refractivity contribution in [2.75, 3.05) is 13.7 Å². The Morgan fingerprint density at radius 3 is 2.84 bits per heavy atom. The number of hydrogen-bond acceptors (Lipinski definition) is 3. The van der Waals surface area contributed by atoms with Gasteiger partial charge in [0.1, 0.15) is 11.5 Å². The molecule has 0 spiro atoms. The van der Waals surface area contributed by atoms with Gasteiger partial charge in [-0.25, -0.2) is 0 Å². The molecule has 0 aliphatic rings. The molecule has 0 aliphatic carbocycles. The van der Waals surface area contributed by atoms with Crippen LogP contribution in [0.15, 0.2) is 45.5 Å². The summed E-state index contributed by atoms with van der Waals surface area (Å²) in [4.78, 5) is 0. The van der Waals surface area contributed by atoms with Gasteiger partial charge >= 0.3 is 0 Å². The Morgan fingerprint density at radius 1 is 1.37 bits per heavy atom. The van der Waals surface area contributed by atoms with Gasteiger partial charge in [-0.1, -0.05) is 22.9 Å². The van der Waals surface area contributed by atoms with Crippen molar-refractivity contribution in [2.45, 2.75) is 19.4 Å². The lowest BCUT2D eigenvalue weighted by molar-refractivity contribution is 0.411. The molecule has 2 aromatic rings. The summed E-state index contributed by atoms with van der Waals surface area (Å²) in [5.41, 5.74) is 1.18. The summed E-state index contributed by atoms with van der Waals surface area (Å²) in [6.07, 6.45) is 2.52. The second-order valence-electron chi connectivity index (χ2n) is 4.28. The zero-order valence-electron chi connectivity index (χ0n) is 11.2. The van der Waals surface area contributed by atoms with E-state index in [1.807, 2.05) is 24.3 Å². The molecule has 0 fully saturated rings. The molecular formula is C15H18BrNO2. The SMILES string of the molecule is CCNC(Cc1ccco1)c1cc(OC)ccc1Br. The molecule has 1 N–H and O–H groups in total. The average molecular weight is 324 g/mol. The van der Waals surface area contributed by atoms with E-state index in [1.54, 1.807) is 13.4 Å². The van der Waals surface area contributed by atoms with Crippen LogP contribution in [0, 0.1) is 0 Å². The van der Waals surface area contributed by atoms with E-state index < -0.39 is 0 Å². The summed E-state index contributed by atoms with van der Waals surface area (Å²) < 4.78 is 11.8. The maximum Gasteiger partial charge on any atom is 0.119 e. The fourth-order valence-electron chi connectivity index (χ4n) is 2.08. The smallest absolute Gasteiger partial charge is 0.119 e. The number of ether oxygens (including phenoxy) is 1. The van der Waals surface area contributed by atoms with Crippen LogP contribution in [0.3, 0.4) is 0 Å². The van der Waals surface area contributed by atoms with Crippen LogP contribution in [-0.2, 0) is 6.42 Å². The highest BCUT2D eigenvalue weighted by atomic mass is 79.9. The van der Waals surface area contributed by atoms with Gasteiger partial charge in [0.15, 0.2) is 0 Å². The molecule has 0 saturated carbocycles. The summed E-state index contributed by atoms with van der Waals surface area (Å²) in [6.45, 7) is 3.00.